The summed E-state index contributed by atoms with van der Waals surface area (Å²) >= 11 is 3.05. The summed E-state index contributed by atoms with van der Waals surface area (Å²) in [4.78, 5) is 22.1. The van der Waals surface area contributed by atoms with Gasteiger partial charge in [-0.3, -0.25) is 4.79 Å². The number of halogens is 1. The number of benzene rings is 1. The second-order valence-corrected chi connectivity index (χ2v) is 7.09. The number of hydrogen-bond acceptors (Lipinski definition) is 4. The van der Waals surface area contributed by atoms with E-state index in [-0.39, 0.29) is 21.0 Å². The standard InChI is InChI=1S/C12H15BrN2O5S/c1-7(2)15-11(16)6-14-21(19,20)10-5-8(12(17)18)3-4-9(10)13/h3-5,7,14H,6H2,1-2H3,(H,15,16)(H,17,18). The quantitative estimate of drug-likeness (QED) is 0.681. The minimum atomic E-state index is -4.00. The van der Waals surface area contributed by atoms with Crippen molar-refractivity contribution in [1.29, 1.82) is 0 Å². The lowest BCUT2D eigenvalue weighted by atomic mass is 10.2. The molecule has 1 aromatic rings. The lowest BCUT2D eigenvalue weighted by Crippen LogP contribution is -2.39. The van der Waals surface area contributed by atoms with Crippen LogP contribution in [0.3, 0.4) is 0 Å². The summed E-state index contributed by atoms with van der Waals surface area (Å²) in [7, 11) is -4.00. The monoisotopic (exact) mass is 378 g/mol. The van der Waals surface area contributed by atoms with E-state index in [2.05, 4.69) is 26.0 Å². The Bertz CT molecular complexity index is 658. The second kappa shape index (κ2) is 7.01. The summed E-state index contributed by atoms with van der Waals surface area (Å²) in [6.45, 7) is 3.07. The first kappa shape index (κ1) is 17.6. The third kappa shape index (κ3) is 5.10. The van der Waals surface area contributed by atoms with Crippen LogP contribution >= 0.6 is 15.9 Å². The zero-order valence-electron chi connectivity index (χ0n) is 11.4. The molecule has 0 saturated carbocycles. The summed E-state index contributed by atoms with van der Waals surface area (Å²) in [6, 6.07) is 3.52. The SMILES string of the molecule is CC(C)NC(=O)CNS(=O)(=O)c1cc(C(=O)O)ccc1Br. The predicted molar refractivity (Wildman–Crippen MR) is 79.6 cm³/mol. The number of hydrogen-bond donors (Lipinski definition) is 3. The smallest absolute Gasteiger partial charge is 0.335 e. The number of sulfonamides is 1. The topological polar surface area (TPSA) is 113 Å². The molecule has 7 nitrogen and oxygen atoms in total. The molecule has 1 amide bonds. The Labute approximate surface area is 130 Å². The van der Waals surface area contributed by atoms with Crippen molar-refractivity contribution in [1.82, 2.24) is 10.0 Å². The van der Waals surface area contributed by atoms with Gasteiger partial charge in [0, 0.05) is 10.5 Å². The Morgan fingerprint density at radius 1 is 1.33 bits per heavy atom. The third-order valence-electron chi connectivity index (χ3n) is 2.34. The number of carbonyl (C=O) groups is 2. The Balaban J connectivity index is 2.95. The van der Waals surface area contributed by atoms with E-state index in [9.17, 15) is 18.0 Å². The molecule has 0 fully saturated rings. The van der Waals surface area contributed by atoms with Crippen LogP contribution in [0, 0.1) is 0 Å². The van der Waals surface area contributed by atoms with Crippen LogP contribution in [-0.4, -0.2) is 38.0 Å². The molecule has 116 valence electrons. The minimum absolute atomic E-state index is 0.107. The lowest BCUT2D eigenvalue weighted by Gasteiger charge is -2.11. The van der Waals surface area contributed by atoms with Crippen molar-refractivity contribution in [3.05, 3.63) is 28.2 Å². The van der Waals surface area contributed by atoms with Crippen molar-refractivity contribution in [3.63, 3.8) is 0 Å². The van der Waals surface area contributed by atoms with Gasteiger partial charge in [0.1, 0.15) is 0 Å². The van der Waals surface area contributed by atoms with Gasteiger partial charge in [-0.2, -0.15) is 0 Å². The van der Waals surface area contributed by atoms with E-state index < -0.39 is 28.4 Å². The van der Waals surface area contributed by atoms with Crippen LogP contribution in [0.25, 0.3) is 0 Å². The lowest BCUT2D eigenvalue weighted by molar-refractivity contribution is -0.120. The summed E-state index contributed by atoms with van der Waals surface area (Å²) in [5.41, 5.74) is -0.162. The van der Waals surface area contributed by atoms with E-state index >= 15 is 0 Å². The maximum absolute atomic E-state index is 12.1. The normalized spacial score (nSPS) is 11.4. The number of rotatable bonds is 6. The molecule has 1 aromatic carbocycles. The van der Waals surface area contributed by atoms with Gasteiger partial charge in [-0.15, -0.1) is 0 Å². The van der Waals surface area contributed by atoms with Crippen LogP contribution in [0.15, 0.2) is 27.6 Å². The van der Waals surface area contributed by atoms with E-state index in [4.69, 9.17) is 5.11 Å². The Kier molecular flexibility index (Phi) is 5.87. The highest BCUT2D eigenvalue weighted by Gasteiger charge is 2.20. The Hall–Kier alpha value is -1.45. The van der Waals surface area contributed by atoms with Gasteiger partial charge in [0.05, 0.1) is 17.0 Å². The van der Waals surface area contributed by atoms with E-state index in [0.29, 0.717) is 0 Å². The zero-order valence-corrected chi connectivity index (χ0v) is 13.8. The van der Waals surface area contributed by atoms with E-state index in [1.54, 1.807) is 13.8 Å². The van der Waals surface area contributed by atoms with E-state index in [0.717, 1.165) is 6.07 Å². The fraction of sp³-hybridized carbons (Fsp3) is 0.333. The second-order valence-electron chi connectivity index (χ2n) is 4.50. The first-order chi connectivity index (χ1) is 9.63. The number of carbonyl (C=O) groups excluding carboxylic acids is 1. The zero-order chi connectivity index (χ0) is 16.2. The molecule has 0 saturated heterocycles. The molecule has 0 unspecified atom stereocenters. The highest BCUT2D eigenvalue weighted by molar-refractivity contribution is 9.10. The predicted octanol–water partition coefficient (Wildman–Crippen LogP) is 0.950. The highest BCUT2D eigenvalue weighted by atomic mass is 79.9. The average Bonchev–Trinajstić information content (AvgIpc) is 2.35. The fourth-order valence-electron chi connectivity index (χ4n) is 1.45. The molecule has 1 rings (SSSR count). The number of nitrogens with one attached hydrogen (secondary N) is 2. The van der Waals surface area contributed by atoms with Gasteiger partial charge in [0.25, 0.3) is 0 Å². The fourth-order valence-corrected chi connectivity index (χ4v) is 3.42. The maximum Gasteiger partial charge on any atom is 0.335 e. The van der Waals surface area contributed by atoms with Gasteiger partial charge < -0.3 is 10.4 Å². The molecular weight excluding hydrogens is 364 g/mol. The van der Waals surface area contributed by atoms with Crippen molar-refractivity contribution in [2.75, 3.05) is 6.54 Å². The van der Waals surface area contributed by atoms with E-state index in [1.807, 2.05) is 0 Å². The van der Waals surface area contributed by atoms with Crippen molar-refractivity contribution in [2.24, 2.45) is 0 Å². The molecular formula is C12H15BrN2O5S. The van der Waals surface area contributed by atoms with Gasteiger partial charge >= 0.3 is 5.97 Å². The molecule has 0 bridgehead atoms. The minimum Gasteiger partial charge on any atom is -0.478 e. The van der Waals surface area contributed by atoms with Gasteiger partial charge in [0.15, 0.2) is 0 Å². The molecule has 0 aliphatic carbocycles. The Morgan fingerprint density at radius 3 is 2.48 bits per heavy atom. The Morgan fingerprint density at radius 2 is 1.95 bits per heavy atom. The molecule has 0 spiro atoms. The molecule has 21 heavy (non-hydrogen) atoms. The van der Waals surface area contributed by atoms with Crippen LogP contribution < -0.4 is 10.0 Å². The maximum atomic E-state index is 12.1. The molecule has 0 radical (unpaired) electrons. The van der Waals surface area contributed by atoms with Crippen molar-refractivity contribution >= 4 is 37.8 Å². The molecule has 0 aromatic heterocycles. The summed E-state index contributed by atoms with van der Waals surface area (Å²) in [5, 5.41) is 11.4. The molecule has 3 N–H and O–H groups in total. The number of carboxylic acids is 1. The average molecular weight is 379 g/mol. The van der Waals surface area contributed by atoms with Crippen LogP contribution in [0.5, 0.6) is 0 Å². The van der Waals surface area contributed by atoms with Crippen LogP contribution in [0.4, 0.5) is 0 Å². The summed E-state index contributed by atoms with van der Waals surface area (Å²) in [6.07, 6.45) is 0. The van der Waals surface area contributed by atoms with Gasteiger partial charge in [-0.25, -0.2) is 17.9 Å². The molecule has 0 aliphatic heterocycles. The molecule has 0 heterocycles. The molecule has 0 aliphatic rings. The van der Waals surface area contributed by atoms with E-state index in [1.165, 1.54) is 12.1 Å². The summed E-state index contributed by atoms with van der Waals surface area (Å²) < 4.78 is 26.5. The van der Waals surface area contributed by atoms with Crippen molar-refractivity contribution in [2.45, 2.75) is 24.8 Å². The van der Waals surface area contributed by atoms with Gasteiger partial charge in [-0.05, 0) is 48.0 Å². The number of amides is 1. The first-order valence-corrected chi connectivity index (χ1v) is 8.23. The number of aromatic carboxylic acids is 1. The third-order valence-corrected chi connectivity index (χ3v) is 4.74. The summed E-state index contributed by atoms with van der Waals surface area (Å²) in [5.74, 6) is -1.71. The molecule has 0 atom stereocenters. The van der Waals surface area contributed by atoms with Crippen LogP contribution in [-0.2, 0) is 14.8 Å². The van der Waals surface area contributed by atoms with Crippen LogP contribution in [0.2, 0.25) is 0 Å². The van der Waals surface area contributed by atoms with Crippen molar-refractivity contribution < 1.29 is 23.1 Å². The van der Waals surface area contributed by atoms with Crippen LogP contribution in [0.1, 0.15) is 24.2 Å². The largest absolute Gasteiger partial charge is 0.478 e. The molecule has 9 heteroatoms. The first-order valence-electron chi connectivity index (χ1n) is 5.95. The number of carboxylic acid groups (broad SMARTS) is 1. The van der Waals surface area contributed by atoms with Gasteiger partial charge in [-0.1, -0.05) is 0 Å². The van der Waals surface area contributed by atoms with Crippen molar-refractivity contribution in [3.8, 4) is 0 Å². The highest BCUT2D eigenvalue weighted by Crippen LogP contribution is 2.23. The van der Waals surface area contributed by atoms with Gasteiger partial charge in [0.2, 0.25) is 15.9 Å².